The highest BCUT2D eigenvalue weighted by molar-refractivity contribution is 5.93. The Labute approximate surface area is 115 Å². The number of rotatable bonds is 5. The number of fused-ring (bicyclic) bond motifs is 1. The number of aryl methyl sites for hydroxylation is 1. The van der Waals surface area contributed by atoms with Crippen molar-refractivity contribution < 1.29 is 4.79 Å². The van der Waals surface area contributed by atoms with Gasteiger partial charge in [0.15, 0.2) is 0 Å². The molecule has 0 fully saturated rings. The monoisotopic (exact) mass is 260 g/mol. The molecule has 3 nitrogen and oxygen atoms in total. The fourth-order valence-electron chi connectivity index (χ4n) is 2.61. The number of benzene rings is 1. The Morgan fingerprint density at radius 3 is 2.89 bits per heavy atom. The molecule has 3 heteroatoms. The summed E-state index contributed by atoms with van der Waals surface area (Å²) in [5, 5.41) is 6.32. The van der Waals surface area contributed by atoms with Crippen LogP contribution < -0.4 is 10.6 Å². The molecule has 1 aliphatic carbocycles. The second-order valence-corrected chi connectivity index (χ2v) is 5.35. The second kappa shape index (κ2) is 6.71. The molecule has 0 radical (unpaired) electrons. The van der Waals surface area contributed by atoms with E-state index in [1.165, 1.54) is 24.0 Å². The minimum atomic E-state index is -0.000559. The van der Waals surface area contributed by atoms with E-state index in [-0.39, 0.29) is 11.8 Å². The van der Waals surface area contributed by atoms with Gasteiger partial charge in [0.2, 0.25) is 5.91 Å². The molecule has 0 saturated carbocycles. The van der Waals surface area contributed by atoms with Crippen LogP contribution in [0.15, 0.2) is 18.2 Å². The SMILES string of the molecule is CCNCC(C)C(=O)Nc1cccc2c1CCCC2. The molecule has 19 heavy (non-hydrogen) atoms. The molecule has 104 valence electrons. The van der Waals surface area contributed by atoms with Crippen molar-refractivity contribution in [2.75, 3.05) is 18.4 Å². The minimum absolute atomic E-state index is 0.000559. The van der Waals surface area contributed by atoms with Gasteiger partial charge in [-0.15, -0.1) is 0 Å². The maximum absolute atomic E-state index is 12.2. The first-order chi connectivity index (χ1) is 9.22. The highest BCUT2D eigenvalue weighted by Gasteiger charge is 2.17. The van der Waals surface area contributed by atoms with E-state index in [1.807, 2.05) is 13.0 Å². The third-order valence-corrected chi connectivity index (χ3v) is 3.80. The van der Waals surface area contributed by atoms with Gasteiger partial charge in [0.25, 0.3) is 0 Å². The first kappa shape index (κ1) is 14.1. The van der Waals surface area contributed by atoms with Gasteiger partial charge >= 0.3 is 0 Å². The zero-order chi connectivity index (χ0) is 13.7. The fraction of sp³-hybridized carbons (Fsp3) is 0.562. The minimum Gasteiger partial charge on any atom is -0.326 e. The van der Waals surface area contributed by atoms with Crippen molar-refractivity contribution in [3.63, 3.8) is 0 Å². The Bertz CT molecular complexity index is 442. The summed E-state index contributed by atoms with van der Waals surface area (Å²) in [6, 6.07) is 6.27. The summed E-state index contributed by atoms with van der Waals surface area (Å²) in [4.78, 5) is 12.2. The summed E-state index contributed by atoms with van der Waals surface area (Å²) >= 11 is 0. The Hall–Kier alpha value is -1.35. The van der Waals surface area contributed by atoms with Crippen molar-refractivity contribution in [1.29, 1.82) is 0 Å². The van der Waals surface area contributed by atoms with E-state index in [0.29, 0.717) is 0 Å². The largest absolute Gasteiger partial charge is 0.326 e. The summed E-state index contributed by atoms with van der Waals surface area (Å²) in [5.74, 6) is 0.110. The molecule has 1 aromatic rings. The summed E-state index contributed by atoms with van der Waals surface area (Å²) < 4.78 is 0. The van der Waals surface area contributed by atoms with Crippen LogP contribution in [-0.2, 0) is 17.6 Å². The number of hydrogen-bond donors (Lipinski definition) is 2. The van der Waals surface area contributed by atoms with E-state index in [1.54, 1.807) is 0 Å². The predicted molar refractivity (Wildman–Crippen MR) is 79.4 cm³/mol. The van der Waals surface area contributed by atoms with Crippen molar-refractivity contribution in [2.45, 2.75) is 39.5 Å². The lowest BCUT2D eigenvalue weighted by atomic mass is 9.90. The van der Waals surface area contributed by atoms with Crippen LogP contribution in [0, 0.1) is 5.92 Å². The molecule has 1 aromatic carbocycles. The average Bonchev–Trinajstić information content (AvgIpc) is 2.45. The molecule has 0 heterocycles. The first-order valence-corrected chi connectivity index (χ1v) is 7.34. The van der Waals surface area contributed by atoms with Crippen molar-refractivity contribution in [3.05, 3.63) is 29.3 Å². The predicted octanol–water partition coefficient (Wildman–Crippen LogP) is 2.75. The molecule has 0 saturated heterocycles. The molecule has 0 aromatic heterocycles. The van der Waals surface area contributed by atoms with Crippen LogP contribution >= 0.6 is 0 Å². The Morgan fingerprint density at radius 1 is 1.32 bits per heavy atom. The maximum atomic E-state index is 12.2. The molecule has 2 rings (SSSR count). The van der Waals surface area contributed by atoms with Crippen molar-refractivity contribution in [1.82, 2.24) is 5.32 Å². The van der Waals surface area contributed by atoms with Crippen LogP contribution in [0.25, 0.3) is 0 Å². The van der Waals surface area contributed by atoms with Crippen LogP contribution in [0.3, 0.4) is 0 Å². The topological polar surface area (TPSA) is 41.1 Å². The van der Waals surface area contributed by atoms with Gasteiger partial charge in [0.05, 0.1) is 0 Å². The molecule has 0 spiro atoms. The van der Waals surface area contributed by atoms with E-state index < -0.39 is 0 Å². The number of anilines is 1. The third kappa shape index (κ3) is 3.57. The number of carbonyl (C=O) groups excluding carboxylic acids is 1. The van der Waals surface area contributed by atoms with Crippen LogP contribution in [0.5, 0.6) is 0 Å². The zero-order valence-electron chi connectivity index (χ0n) is 12.0. The maximum Gasteiger partial charge on any atom is 0.228 e. The molecule has 1 unspecified atom stereocenters. The van der Waals surface area contributed by atoms with Crippen LogP contribution in [0.2, 0.25) is 0 Å². The molecule has 1 atom stereocenters. The van der Waals surface area contributed by atoms with Gasteiger partial charge in [-0.2, -0.15) is 0 Å². The third-order valence-electron chi connectivity index (χ3n) is 3.80. The molecule has 1 aliphatic rings. The van der Waals surface area contributed by atoms with Crippen molar-refractivity contribution in [2.24, 2.45) is 5.92 Å². The fourth-order valence-corrected chi connectivity index (χ4v) is 2.61. The van der Waals surface area contributed by atoms with E-state index in [2.05, 4.69) is 29.7 Å². The standard InChI is InChI=1S/C16H24N2O/c1-3-17-11-12(2)16(19)18-15-10-6-8-13-7-4-5-9-14(13)15/h6,8,10,12,17H,3-5,7,9,11H2,1-2H3,(H,18,19). The van der Waals surface area contributed by atoms with Crippen LogP contribution in [-0.4, -0.2) is 19.0 Å². The first-order valence-electron chi connectivity index (χ1n) is 7.34. The van der Waals surface area contributed by atoms with Gasteiger partial charge in [-0.1, -0.05) is 26.0 Å². The van der Waals surface area contributed by atoms with Gasteiger partial charge < -0.3 is 10.6 Å². The highest BCUT2D eigenvalue weighted by Crippen LogP contribution is 2.28. The number of hydrogen-bond acceptors (Lipinski definition) is 2. The van der Waals surface area contributed by atoms with Gasteiger partial charge in [0.1, 0.15) is 0 Å². The summed E-state index contributed by atoms with van der Waals surface area (Å²) in [6.45, 7) is 5.65. The number of carbonyl (C=O) groups is 1. The van der Waals surface area contributed by atoms with Crippen molar-refractivity contribution in [3.8, 4) is 0 Å². The van der Waals surface area contributed by atoms with Gasteiger partial charge in [0, 0.05) is 18.2 Å². The Kier molecular flexibility index (Phi) is 4.97. The lowest BCUT2D eigenvalue weighted by molar-refractivity contribution is -0.119. The molecule has 0 aliphatic heterocycles. The summed E-state index contributed by atoms with van der Waals surface area (Å²) in [5.41, 5.74) is 3.77. The number of amides is 1. The molecular formula is C16H24N2O. The molecule has 1 amide bonds. The molecule has 2 N–H and O–H groups in total. The number of nitrogens with one attached hydrogen (secondary N) is 2. The van der Waals surface area contributed by atoms with Gasteiger partial charge in [-0.3, -0.25) is 4.79 Å². The van der Waals surface area contributed by atoms with Crippen LogP contribution in [0.4, 0.5) is 5.69 Å². The van der Waals surface area contributed by atoms with E-state index in [4.69, 9.17) is 0 Å². The Morgan fingerprint density at radius 2 is 2.11 bits per heavy atom. The molecular weight excluding hydrogens is 236 g/mol. The normalized spacial score (nSPS) is 15.7. The average molecular weight is 260 g/mol. The lowest BCUT2D eigenvalue weighted by Crippen LogP contribution is -2.30. The second-order valence-electron chi connectivity index (χ2n) is 5.35. The quantitative estimate of drug-likeness (QED) is 0.854. The van der Waals surface area contributed by atoms with E-state index >= 15 is 0 Å². The summed E-state index contributed by atoms with van der Waals surface area (Å²) in [7, 11) is 0. The zero-order valence-corrected chi connectivity index (χ0v) is 12.0. The highest BCUT2D eigenvalue weighted by atomic mass is 16.1. The van der Waals surface area contributed by atoms with Gasteiger partial charge in [-0.25, -0.2) is 0 Å². The lowest BCUT2D eigenvalue weighted by Gasteiger charge is -2.20. The van der Waals surface area contributed by atoms with Crippen molar-refractivity contribution >= 4 is 11.6 Å². The smallest absolute Gasteiger partial charge is 0.228 e. The Balaban J connectivity index is 2.04. The summed E-state index contributed by atoms with van der Waals surface area (Å²) in [6.07, 6.45) is 4.73. The molecule has 0 bridgehead atoms. The van der Waals surface area contributed by atoms with Crippen LogP contribution in [0.1, 0.15) is 37.8 Å². The van der Waals surface area contributed by atoms with Gasteiger partial charge in [-0.05, 0) is 49.4 Å². The van der Waals surface area contributed by atoms with E-state index in [0.717, 1.165) is 31.6 Å². The van der Waals surface area contributed by atoms with E-state index in [9.17, 15) is 4.79 Å².